The number of hydrogen-bond acceptors (Lipinski definition) is 7. The monoisotopic (exact) mass is 368 g/mol. The second kappa shape index (κ2) is 4.69. The molecule has 7 nitrogen and oxygen atoms in total. The largest absolute Gasteiger partial charge is 0.446 e. The van der Waals surface area contributed by atoms with E-state index in [1.165, 1.54) is 12.2 Å². The van der Waals surface area contributed by atoms with Gasteiger partial charge in [0.15, 0.2) is 17.5 Å². The van der Waals surface area contributed by atoms with Gasteiger partial charge in [0.2, 0.25) is 0 Å². The molecule has 2 aliphatic heterocycles. The van der Waals surface area contributed by atoms with Crippen LogP contribution >= 0.6 is 0 Å². The van der Waals surface area contributed by atoms with Gasteiger partial charge in [-0.3, -0.25) is 4.79 Å². The first-order valence-corrected chi connectivity index (χ1v) is 8.83. The van der Waals surface area contributed by atoms with Gasteiger partial charge in [0.05, 0.1) is 17.4 Å². The van der Waals surface area contributed by atoms with Crippen LogP contribution in [-0.4, -0.2) is 56.9 Å². The normalized spacial score (nSPS) is 40.1. The average molecular weight is 368 g/mol. The van der Waals surface area contributed by atoms with Crippen LogP contribution in [0.15, 0.2) is 48.6 Å². The van der Waals surface area contributed by atoms with E-state index in [1.54, 1.807) is 12.1 Å². The van der Waals surface area contributed by atoms with Crippen LogP contribution in [0.3, 0.4) is 0 Å². The Morgan fingerprint density at radius 1 is 1.00 bits per heavy atom. The molecule has 0 bridgehead atoms. The third kappa shape index (κ3) is 1.64. The lowest BCUT2D eigenvalue weighted by Crippen LogP contribution is -2.79. The van der Waals surface area contributed by atoms with E-state index in [-0.39, 0.29) is 0 Å². The molecule has 2 heterocycles. The van der Waals surface area contributed by atoms with Gasteiger partial charge in [-0.05, 0) is 29.7 Å². The van der Waals surface area contributed by atoms with E-state index < -0.39 is 47.5 Å². The Bertz CT molecular complexity index is 989. The summed E-state index contributed by atoms with van der Waals surface area (Å²) in [6.45, 7) is 0. The Labute approximate surface area is 153 Å². The number of carbonyl (C=O) groups excluding carboxylic acids is 1. The molecular formula is C20H16O7. The summed E-state index contributed by atoms with van der Waals surface area (Å²) in [4.78, 5) is 12.5. The number of epoxide rings is 1. The summed E-state index contributed by atoms with van der Waals surface area (Å²) in [7, 11) is 0. The van der Waals surface area contributed by atoms with E-state index in [0.717, 1.165) is 10.8 Å². The summed E-state index contributed by atoms with van der Waals surface area (Å²) in [5, 5.41) is 34.5. The number of ketones is 1. The number of rotatable bonds is 0. The minimum Gasteiger partial charge on any atom is -0.446 e. The van der Waals surface area contributed by atoms with E-state index in [1.807, 2.05) is 24.3 Å². The molecule has 6 atom stereocenters. The Kier molecular flexibility index (Phi) is 2.71. The third-order valence-electron chi connectivity index (χ3n) is 6.16. The van der Waals surface area contributed by atoms with Crippen LogP contribution in [0.1, 0.15) is 0 Å². The highest BCUT2D eigenvalue weighted by Gasteiger charge is 2.82. The van der Waals surface area contributed by atoms with Crippen molar-refractivity contribution >= 4 is 16.6 Å². The second-order valence-electron chi connectivity index (χ2n) is 7.50. The zero-order valence-electron chi connectivity index (χ0n) is 14.0. The van der Waals surface area contributed by atoms with Gasteiger partial charge >= 0.3 is 5.79 Å². The molecule has 7 heteroatoms. The Morgan fingerprint density at radius 3 is 2.33 bits per heavy atom. The molecule has 3 N–H and O–H groups in total. The predicted molar refractivity (Wildman–Crippen MR) is 91.2 cm³/mol. The van der Waals surface area contributed by atoms with E-state index in [0.29, 0.717) is 11.5 Å². The van der Waals surface area contributed by atoms with Crippen LogP contribution in [0.5, 0.6) is 11.5 Å². The maximum absolute atomic E-state index is 12.5. The van der Waals surface area contributed by atoms with Gasteiger partial charge in [0, 0.05) is 0 Å². The fraction of sp³-hybridized carbons (Fsp3) is 0.350. The lowest BCUT2D eigenvalue weighted by Gasteiger charge is -2.55. The molecule has 0 amide bonds. The van der Waals surface area contributed by atoms with Crippen molar-refractivity contribution in [3.63, 3.8) is 0 Å². The standard InChI is InChI=1S/C20H16O7/c21-10-7-8-13(22)19(24)15(10)16(23)17-18(25-17)20(19)26-11-5-1-3-9-4-2-6-12(27-20)14(9)11/h1-8,13,15-18,22-24H. The molecular weight excluding hydrogens is 352 g/mol. The minimum atomic E-state index is -2.22. The van der Waals surface area contributed by atoms with Crippen LogP contribution in [0.4, 0.5) is 0 Å². The van der Waals surface area contributed by atoms with Gasteiger partial charge in [-0.25, -0.2) is 0 Å². The van der Waals surface area contributed by atoms with E-state index >= 15 is 0 Å². The Morgan fingerprint density at radius 2 is 1.67 bits per heavy atom. The topological polar surface area (TPSA) is 109 Å². The highest BCUT2D eigenvalue weighted by molar-refractivity contribution is 5.96. The molecule has 0 aromatic heterocycles. The van der Waals surface area contributed by atoms with Crippen LogP contribution in [0.2, 0.25) is 0 Å². The van der Waals surface area contributed by atoms with Crippen molar-refractivity contribution in [2.45, 2.75) is 35.8 Å². The lowest BCUT2D eigenvalue weighted by molar-refractivity contribution is -0.307. The molecule has 1 saturated carbocycles. The molecule has 2 fully saturated rings. The lowest BCUT2D eigenvalue weighted by atomic mass is 9.62. The molecule has 1 spiro atoms. The van der Waals surface area contributed by atoms with Gasteiger partial charge in [-0.15, -0.1) is 0 Å². The SMILES string of the molecule is O=C1C=CC(O)C2(O)C1C(O)C1OC1C21Oc2cccc3cccc(c23)O1. The molecule has 27 heavy (non-hydrogen) atoms. The van der Waals surface area contributed by atoms with Crippen LogP contribution in [0.25, 0.3) is 10.8 Å². The number of aliphatic hydroxyl groups excluding tert-OH is 2. The Balaban J connectivity index is 1.60. The van der Waals surface area contributed by atoms with E-state index in [9.17, 15) is 20.1 Å². The van der Waals surface area contributed by atoms with Crippen LogP contribution in [-0.2, 0) is 9.53 Å². The van der Waals surface area contributed by atoms with Gasteiger partial charge in [0.25, 0.3) is 0 Å². The Hall–Kier alpha value is -2.45. The maximum atomic E-state index is 12.5. The number of carbonyl (C=O) groups is 1. The zero-order chi connectivity index (χ0) is 18.6. The second-order valence-corrected chi connectivity index (χ2v) is 7.50. The first-order chi connectivity index (χ1) is 13.0. The predicted octanol–water partition coefficient (Wildman–Crippen LogP) is 0.296. The van der Waals surface area contributed by atoms with E-state index in [4.69, 9.17) is 14.2 Å². The molecule has 1 saturated heterocycles. The molecule has 138 valence electrons. The summed E-state index contributed by atoms with van der Waals surface area (Å²) in [5.74, 6) is -2.77. The quantitative estimate of drug-likeness (QED) is 0.574. The summed E-state index contributed by atoms with van der Waals surface area (Å²) in [6.07, 6.45) is -1.93. The van der Waals surface area contributed by atoms with Crippen molar-refractivity contribution in [2.24, 2.45) is 5.92 Å². The average Bonchev–Trinajstić information content (AvgIpc) is 3.46. The van der Waals surface area contributed by atoms with Crippen molar-refractivity contribution in [1.82, 2.24) is 0 Å². The molecule has 2 aromatic carbocycles. The van der Waals surface area contributed by atoms with Gasteiger partial charge in [-0.1, -0.05) is 24.3 Å². The smallest absolute Gasteiger partial charge is 0.313 e. The zero-order valence-corrected chi connectivity index (χ0v) is 14.0. The molecule has 0 radical (unpaired) electrons. The van der Waals surface area contributed by atoms with Crippen molar-refractivity contribution in [1.29, 1.82) is 0 Å². The van der Waals surface area contributed by atoms with Crippen molar-refractivity contribution in [2.75, 3.05) is 0 Å². The van der Waals surface area contributed by atoms with Crippen molar-refractivity contribution in [3.05, 3.63) is 48.6 Å². The van der Waals surface area contributed by atoms with Crippen molar-refractivity contribution in [3.8, 4) is 11.5 Å². The summed E-state index contributed by atoms with van der Waals surface area (Å²) >= 11 is 0. The summed E-state index contributed by atoms with van der Waals surface area (Å²) < 4.78 is 17.9. The molecule has 4 aliphatic rings. The van der Waals surface area contributed by atoms with Gasteiger partial charge < -0.3 is 29.5 Å². The highest BCUT2D eigenvalue weighted by Crippen LogP contribution is 2.59. The minimum absolute atomic E-state index is 0.460. The number of fused-ring (bicyclic) bond motifs is 4. The maximum Gasteiger partial charge on any atom is 0.313 e. The van der Waals surface area contributed by atoms with Gasteiger partial charge in [0.1, 0.15) is 23.7 Å². The number of allylic oxidation sites excluding steroid dienone is 1. The summed E-state index contributed by atoms with van der Waals surface area (Å²) in [6, 6.07) is 10.9. The van der Waals surface area contributed by atoms with E-state index in [2.05, 4.69) is 0 Å². The summed E-state index contributed by atoms with van der Waals surface area (Å²) in [5.41, 5.74) is -2.22. The van der Waals surface area contributed by atoms with Crippen LogP contribution < -0.4 is 9.47 Å². The molecule has 2 aliphatic carbocycles. The number of benzene rings is 2. The fourth-order valence-corrected chi connectivity index (χ4v) is 4.87. The third-order valence-corrected chi connectivity index (χ3v) is 6.16. The van der Waals surface area contributed by atoms with Crippen LogP contribution in [0, 0.1) is 5.92 Å². The van der Waals surface area contributed by atoms with Crippen molar-refractivity contribution < 1.29 is 34.3 Å². The highest BCUT2D eigenvalue weighted by atomic mass is 16.8. The number of hydrogen-bond donors (Lipinski definition) is 3. The number of ether oxygens (including phenoxy) is 3. The molecule has 2 aromatic rings. The number of aliphatic hydroxyl groups is 3. The fourth-order valence-electron chi connectivity index (χ4n) is 4.87. The first-order valence-electron chi connectivity index (χ1n) is 8.83. The molecule has 6 rings (SSSR count). The van der Waals surface area contributed by atoms with Gasteiger partial charge in [-0.2, -0.15) is 0 Å². The molecule has 6 unspecified atom stereocenters. The first kappa shape index (κ1) is 15.6.